The molecule has 38 heavy (non-hydrogen) atoms. The van der Waals surface area contributed by atoms with Crippen LogP contribution in [-0.2, 0) is 16.0 Å². The molecule has 0 aliphatic carbocycles. The first-order valence-corrected chi connectivity index (χ1v) is 12.1. The molecule has 196 valence electrons. The molecule has 0 unspecified atom stereocenters. The Hall–Kier alpha value is -4.59. The van der Waals surface area contributed by atoms with Crippen LogP contribution in [0.3, 0.4) is 0 Å². The Morgan fingerprint density at radius 3 is 2.24 bits per heavy atom. The Balaban J connectivity index is 1.57. The summed E-state index contributed by atoms with van der Waals surface area (Å²) in [5, 5.41) is 2.87. The molecule has 3 aromatic carbocycles. The van der Waals surface area contributed by atoms with E-state index in [-0.39, 0.29) is 40.1 Å². The van der Waals surface area contributed by atoms with Crippen molar-refractivity contribution in [2.45, 2.75) is 45.8 Å². The van der Waals surface area contributed by atoms with Crippen LogP contribution in [0.2, 0.25) is 0 Å². The molecule has 0 fully saturated rings. The molecule has 8 heteroatoms. The van der Waals surface area contributed by atoms with Gasteiger partial charge in [0.15, 0.2) is 0 Å². The number of carbonyl (C=O) groups excluding carboxylic acids is 2. The zero-order chi connectivity index (χ0) is 27.3. The summed E-state index contributed by atoms with van der Waals surface area (Å²) in [5.41, 5.74) is -0.0178. The van der Waals surface area contributed by atoms with E-state index in [1.807, 2.05) is 36.4 Å². The standard InChI is InChI=1S/C30H29NO7/c1-19-27(36-21-13-9-6-10-14-21)26(32)23-16-15-22(18-25(23)35-19)37-28(33)24(17-20-11-7-5-8-12-20)31-29(34)38-30(2,3)4/h5-16,18,24H,17H2,1-4H3,(H,31,34)/t24-/m0/s1. The molecule has 1 aromatic heterocycles. The number of hydrogen-bond donors (Lipinski definition) is 1. The summed E-state index contributed by atoms with van der Waals surface area (Å²) in [4.78, 5) is 38.6. The van der Waals surface area contributed by atoms with Crippen molar-refractivity contribution in [3.05, 3.63) is 100 Å². The lowest BCUT2D eigenvalue weighted by atomic mass is 10.1. The van der Waals surface area contributed by atoms with Gasteiger partial charge >= 0.3 is 12.1 Å². The van der Waals surface area contributed by atoms with Crippen LogP contribution in [0.1, 0.15) is 32.1 Å². The molecule has 1 amide bonds. The highest BCUT2D eigenvalue weighted by atomic mass is 16.6. The molecule has 0 aliphatic rings. The monoisotopic (exact) mass is 515 g/mol. The van der Waals surface area contributed by atoms with Gasteiger partial charge in [-0.25, -0.2) is 9.59 Å². The fourth-order valence-corrected chi connectivity index (χ4v) is 3.74. The molecule has 4 rings (SSSR count). The van der Waals surface area contributed by atoms with Crippen LogP contribution < -0.4 is 20.2 Å². The van der Waals surface area contributed by atoms with Crippen molar-refractivity contribution >= 4 is 23.0 Å². The number of esters is 1. The van der Waals surface area contributed by atoms with Crippen LogP contribution >= 0.6 is 0 Å². The highest BCUT2D eigenvalue weighted by Crippen LogP contribution is 2.27. The number of para-hydroxylation sites is 1. The molecule has 0 saturated heterocycles. The van der Waals surface area contributed by atoms with Crippen LogP contribution in [0.5, 0.6) is 17.2 Å². The van der Waals surface area contributed by atoms with E-state index in [2.05, 4.69) is 5.32 Å². The molecule has 0 spiro atoms. The number of ether oxygens (including phenoxy) is 3. The topological polar surface area (TPSA) is 104 Å². The van der Waals surface area contributed by atoms with Gasteiger partial charge in [-0.15, -0.1) is 0 Å². The van der Waals surface area contributed by atoms with Crippen LogP contribution in [0.25, 0.3) is 11.0 Å². The normalized spacial score (nSPS) is 12.0. The Labute approximate surface area is 220 Å². The van der Waals surface area contributed by atoms with Gasteiger partial charge in [0.2, 0.25) is 11.2 Å². The summed E-state index contributed by atoms with van der Waals surface area (Å²) in [7, 11) is 0. The number of fused-ring (bicyclic) bond motifs is 1. The van der Waals surface area contributed by atoms with E-state index in [1.54, 1.807) is 52.0 Å². The second kappa shape index (κ2) is 11.2. The van der Waals surface area contributed by atoms with Crippen LogP contribution in [0.4, 0.5) is 4.79 Å². The molecule has 0 saturated carbocycles. The SMILES string of the molecule is Cc1oc2cc(OC(=O)[C@H](Cc3ccccc3)NC(=O)OC(C)(C)C)ccc2c(=O)c1Oc1ccccc1. The minimum absolute atomic E-state index is 0.0814. The third-order valence-corrected chi connectivity index (χ3v) is 5.43. The number of carbonyl (C=O) groups is 2. The summed E-state index contributed by atoms with van der Waals surface area (Å²) in [6.45, 7) is 6.83. The van der Waals surface area contributed by atoms with E-state index in [0.717, 1.165) is 5.56 Å². The molecule has 4 aromatic rings. The zero-order valence-corrected chi connectivity index (χ0v) is 21.6. The second-order valence-corrected chi connectivity index (χ2v) is 9.70. The molecule has 1 heterocycles. The Morgan fingerprint density at radius 2 is 1.58 bits per heavy atom. The minimum atomic E-state index is -1.02. The van der Waals surface area contributed by atoms with E-state index >= 15 is 0 Å². The van der Waals surface area contributed by atoms with Gasteiger partial charge in [0.1, 0.15) is 34.5 Å². The molecule has 0 radical (unpaired) electrons. The van der Waals surface area contributed by atoms with Crippen molar-refractivity contribution in [2.24, 2.45) is 0 Å². The lowest BCUT2D eigenvalue weighted by molar-refractivity contribution is -0.136. The number of rotatable bonds is 7. The Kier molecular flexibility index (Phi) is 7.81. The quantitative estimate of drug-likeness (QED) is 0.240. The first kappa shape index (κ1) is 26.5. The van der Waals surface area contributed by atoms with Crippen molar-refractivity contribution in [1.82, 2.24) is 5.32 Å². The van der Waals surface area contributed by atoms with Crippen LogP contribution in [0, 0.1) is 6.92 Å². The number of hydrogen-bond acceptors (Lipinski definition) is 7. The molecule has 1 N–H and O–H groups in total. The van der Waals surface area contributed by atoms with Crippen molar-refractivity contribution in [1.29, 1.82) is 0 Å². The molecule has 8 nitrogen and oxygen atoms in total. The maximum atomic E-state index is 13.1. The second-order valence-electron chi connectivity index (χ2n) is 9.70. The van der Waals surface area contributed by atoms with Crippen molar-refractivity contribution < 1.29 is 28.2 Å². The predicted molar refractivity (Wildman–Crippen MR) is 143 cm³/mol. The smallest absolute Gasteiger partial charge is 0.408 e. The van der Waals surface area contributed by atoms with Crippen molar-refractivity contribution in [3.8, 4) is 17.2 Å². The minimum Gasteiger partial charge on any atom is -0.457 e. The lowest BCUT2D eigenvalue weighted by Crippen LogP contribution is -2.46. The summed E-state index contributed by atoms with van der Waals surface area (Å²) in [5.74, 6) is 0.337. The van der Waals surface area contributed by atoms with Gasteiger partial charge in [0.25, 0.3) is 0 Å². The van der Waals surface area contributed by atoms with Gasteiger partial charge in [-0.3, -0.25) is 4.79 Å². The zero-order valence-electron chi connectivity index (χ0n) is 21.6. The maximum Gasteiger partial charge on any atom is 0.408 e. The number of amides is 1. The van der Waals surface area contributed by atoms with Crippen LogP contribution in [-0.4, -0.2) is 23.7 Å². The van der Waals surface area contributed by atoms with Gasteiger partial charge in [0, 0.05) is 12.5 Å². The van der Waals surface area contributed by atoms with Crippen LogP contribution in [0.15, 0.2) is 88.1 Å². The summed E-state index contributed by atoms with van der Waals surface area (Å²) < 4.78 is 22.5. The average Bonchev–Trinajstić information content (AvgIpc) is 2.86. The van der Waals surface area contributed by atoms with Gasteiger partial charge in [-0.1, -0.05) is 48.5 Å². The summed E-state index contributed by atoms with van der Waals surface area (Å²) in [6, 6.07) is 21.6. The Morgan fingerprint density at radius 1 is 0.921 bits per heavy atom. The van der Waals surface area contributed by atoms with E-state index in [0.29, 0.717) is 5.75 Å². The fourth-order valence-electron chi connectivity index (χ4n) is 3.74. The number of nitrogens with one attached hydrogen (secondary N) is 1. The lowest BCUT2D eigenvalue weighted by Gasteiger charge is -2.23. The number of aryl methyl sites for hydroxylation is 1. The van der Waals surface area contributed by atoms with Crippen molar-refractivity contribution in [3.63, 3.8) is 0 Å². The highest BCUT2D eigenvalue weighted by molar-refractivity contribution is 5.85. The van der Waals surface area contributed by atoms with E-state index in [9.17, 15) is 14.4 Å². The molecule has 0 aliphatic heterocycles. The number of benzene rings is 3. The van der Waals surface area contributed by atoms with Gasteiger partial charge in [0.05, 0.1) is 5.39 Å². The highest BCUT2D eigenvalue weighted by Gasteiger charge is 2.27. The van der Waals surface area contributed by atoms with E-state index in [4.69, 9.17) is 18.6 Å². The predicted octanol–water partition coefficient (Wildman–Crippen LogP) is 5.94. The van der Waals surface area contributed by atoms with Gasteiger partial charge < -0.3 is 23.9 Å². The molecule has 1 atom stereocenters. The average molecular weight is 516 g/mol. The maximum absolute atomic E-state index is 13.1. The van der Waals surface area contributed by atoms with E-state index < -0.39 is 23.7 Å². The van der Waals surface area contributed by atoms with Gasteiger partial charge in [-0.2, -0.15) is 0 Å². The van der Waals surface area contributed by atoms with Crippen molar-refractivity contribution in [2.75, 3.05) is 0 Å². The first-order chi connectivity index (χ1) is 18.1. The summed E-state index contributed by atoms with van der Waals surface area (Å²) >= 11 is 0. The fraction of sp³-hybridized carbons (Fsp3) is 0.233. The molecular formula is C30H29NO7. The molecule has 0 bridgehead atoms. The number of alkyl carbamates (subject to hydrolysis) is 1. The van der Waals surface area contributed by atoms with Gasteiger partial charge in [-0.05, 0) is 57.5 Å². The Bertz CT molecular complexity index is 1490. The first-order valence-electron chi connectivity index (χ1n) is 12.1. The largest absolute Gasteiger partial charge is 0.457 e. The third kappa shape index (κ3) is 6.79. The van der Waals surface area contributed by atoms with E-state index in [1.165, 1.54) is 18.2 Å². The molecular weight excluding hydrogens is 486 g/mol. The summed E-state index contributed by atoms with van der Waals surface area (Å²) in [6.07, 6.45) is -0.539. The third-order valence-electron chi connectivity index (χ3n) is 5.43.